The van der Waals surface area contributed by atoms with Gasteiger partial charge in [-0.2, -0.15) is 0 Å². The smallest absolute Gasteiger partial charge is 0.330 e. The first kappa shape index (κ1) is 19.2. The summed E-state index contributed by atoms with van der Waals surface area (Å²) in [6, 6.07) is 6.94. The maximum absolute atomic E-state index is 11.7. The van der Waals surface area contributed by atoms with E-state index in [-0.39, 0.29) is 11.9 Å². The molecule has 22 heavy (non-hydrogen) atoms. The van der Waals surface area contributed by atoms with Crippen molar-refractivity contribution < 1.29 is 23.8 Å². The van der Waals surface area contributed by atoms with E-state index in [9.17, 15) is 9.67 Å². The summed E-state index contributed by atoms with van der Waals surface area (Å²) in [5, 5.41) is 18.0. The molecule has 1 fully saturated rings. The first-order chi connectivity index (χ1) is 10.5. The van der Waals surface area contributed by atoms with Crippen molar-refractivity contribution in [2.24, 2.45) is 5.92 Å². The highest BCUT2D eigenvalue weighted by atomic mass is 31.2. The maximum Gasteiger partial charge on any atom is 0.330 e. The molecular formula is C16H27O5P. The number of hydrogen-bond donors (Lipinski definition) is 2. The van der Waals surface area contributed by atoms with E-state index < -0.39 is 7.60 Å². The summed E-state index contributed by atoms with van der Waals surface area (Å²) in [5.41, 5.74) is 0.742. The summed E-state index contributed by atoms with van der Waals surface area (Å²) in [7, 11) is -0.265. The first-order valence-electron chi connectivity index (χ1n) is 7.63. The van der Waals surface area contributed by atoms with Gasteiger partial charge in [-0.15, -0.1) is 0 Å². The average Bonchev–Trinajstić information content (AvgIpc) is 3.08. The third kappa shape index (κ3) is 6.49. The highest BCUT2D eigenvalue weighted by molar-refractivity contribution is 7.53. The fraction of sp³-hybridized carbons (Fsp3) is 0.625. The van der Waals surface area contributed by atoms with Crippen LogP contribution >= 0.6 is 7.60 Å². The van der Waals surface area contributed by atoms with Gasteiger partial charge in [-0.1, -0.05) is 31.0 Å². The van der Waals surface area contributed by atoms with E-state index >= 15 is 0 Å². The molecule has 6 heteroatoms. The minimum absolute atomic E-state index is 0.205. The van der Waals surface area contributed by atoms with E-state index in [0.29, 0.717) is 18.9 Å². The van der Waals surface area contributed by atoms with Crippen molar-refractivity contribution >= 4 is 7.60 Å². The van der Waals surface area contributed by atoms with Crippen molar-refractivity contribution in [3.05, 3.63) is 29.8 Å². The molecular weight excluding hydrogens is 303 g/mol. The van der Waals surface area contributed by atoms with Gasteiger partial charge in [0.1, 0.15) is 5.75 Å². The van der Waals surface area contributed by atoms with Crippen molar-refractivity contribution in [1.82, 2.24) is 0 Å². The van der Waals surface area contributed by atoms with Crippen LogP contribution in [0.25, 0.3) is 0 Å². The highest BCUT2D eigenvalue weighted by Gasteiger charge is 2.20. The molecule has 0 heterocycles. The molecule has 126 valence electrons. The molecule has 2 rings (SSSR count). The molecule has 0 aromatic heterocycles. The van der Waals surface area contributed by atoms with Crippen molar-refractivity contribution in [2.75, 3.05) is 27.0 Å². The largest absolute Gasteiger partial charge is 0.508 e. The molecule has 0 bridgehead atoms. The maximum atomic E-state index is 11.7. The standard InChI is InChI=1S/C10H15O4P.C6H12O/c1-13-15(12,14-2)8-7-9-5-3-4-6-10(9)11;7-5-6-3-1-2-4-6/h3-6,11H,7-8H2,1-2H3;6-7H,1-5H2. The number of para-hydroxylation sites is 1. The molecule has 0 radical (unpaired) electrons. The van der Waals surface area contributed by atoms with Crippen LogP contribution in [0.15, 0.2) is 24.3 Å². The second kappa shape index (κ2) is 10.0. The van der Waals surface area contributed by atoms with E-state index in [4.69, 9.17) is 14.2 Å². The summed E-state index contributed by atoms with van der Waals surface area (Å²) in [4.78, 5) is 0. The van der Waals surface area contributed by atoms with Crippen LogP contribution in [0.3, 0.4) is 0 Å². The second-order valence-electron chi connectivity index (χ2n) is 5.41. The molecule has 0 atom stereocenters. The number of aromatic hydroxyl groups is 1. The Labute approximate surface area is 132 Å². The summed E-state index contributed by atoms with van der Waals surface area (Å²) in [6.45, 7) is 0.417. The Morgan fingerprint density at radius 2 is 1.77 bits per heavy atom. The van der Waals surface area contributed by atoms with Gasteiger partial charge in [0, 0.05) is 20.8 Å². The van der Waals surface area contributed by atoms with Crippen LogP contribution in [0.2, 0.25) is 0 Å². The number of rotatable bonds is 6. The van der Waals surface area contributed by atoms with Gasteiger partial charge in [0.25, 0.3) is 0 Å². The van der Waals surface area contributed by atoms with Gasteiger partial charge in [0.2, 0.25) is 0 Å². The Balaban J connectivity index is 0.000000287. The van der Waals surface area contributed by atoms with Crippen LogP contribution < -0.4 is 0 Å². The predicted molar refractivity (Wildman–Crippen MR) is 87.3 cm³/mol. The number of benzene rings is 1. The lowest BCUT2D eigenvalue weighted by atomic mass is 10.1. The van der Waals surface area contributed by atoms with Crippen molar-refractivity contribution in [3.63, 3.8) is 0 Å². The highest BCUT2D eigenvalue weighted by Crippen LogP contribution is 2.46. The zero-order valence-corrected chi connectivity index (χ0v) is 14.3. The molecule has 1 aliphatic carbocycles. The van der Waals surface area contributed by atoms with Crippen LogP contribution in [-0.4, -0.2) is 37.2 Å². The first-order valence-corrected chi connectivity index (χ1v) is 9.35. The third-order valence-electron chi connectivity index (χ3n) is 3.94. The van der Waals surface area contributed by atoms with Gasteiger partial charge in [0.15, 0.2) is 0 Å². The van der Waals surface area contributed by atoms with Crippen LogP contribution in [0.4, 0.5) is 0 Å². The van der Waals surface area contributed by atoms with Crippen LogP contribution in [0, 0.1) is 5.92 Å². The van der Waals surface area contributed by atoms with Crippen LogP contribution in [0.1, 0.15) is 31.2 Å². The molecule has 0 amide bonds. The molecule has 1 aliphatic rings. The number of aryl methyl sites for hydroxylation is 1. The van der Waals surface area contributed by atoms with Crippen molar-refractivity contribution in [3.8, 4) is 5.75 Å². The van der Waals surface area contributed by atoms with Gasteiger partial charge in [-0.3, -0.25) is 4.57 Å². The molecule has 1 aromatic carbocycles. The van der Waals surface area contributed by atoms with Crippen LogP contribution in [0.5, 0.6) is 5.75 Å². The Morgan fingerprint density at radius 3 is 2.23 bits per heavy atom. The number of phenolic OH excluding ortho intramolecular Hbond substituents is 1. The fourth-order valence-electron chi connectivity index (χ4n) is 2.43. The Kier molecular flexibility index (Phi) is 8.72. The Hall–Kier alpha value is -0.870. The lowest BCUT2D eigenvalue weighted by molar-refractivity contribution is 0.230. The summed E-state index contributed by atoms with van der Waals surface area (Å²) in [6.07, 6.45) is 5.92. The summed E-state index contributed by atoms with van der Waals surface area (Å²) >= 11 is 0. The van der Waals surface area contributed by atoms with E-state index in [2.05, 4.69) is 0 Å². The van der Waals surface area contributed by atoms with E-state index in [1.165, 1.54) is 39.9 Å². The zero-order chi connectivity index (χ0) is 16.4. The summed E-state index contributed by atoms with van der Waals surface area (Å²) in [5.74, 6) is 0.858. The predicted octanol–water partition coefficient (Wildman–Crippen LogP) is 3.59. The molecule has 1 aromatic rings. The number of hydrogen-bond acceptors (Lipinski definition) is 5. The molecule has 0 spiro atoms. The molecule has 0 saturated heterocycles. The Morgan fingerprint density at radius 1 is 1.18 bits per heavy atom. The average molecular weight is 330 g/mol. The van der Waals surface area contributed by atoms with Gasteiger partial charge in [-0.25, -0.2) is 0 Å². The number of aliphatic hydroxyl groups is 1. The monoisotopic (exact) mass is 330 g/mol. The molecule has 0 aliphatic heterocycles. The number of aliphatic hydroxyl groups excluding tert-OH is 1. The molecule has 5 nitrogen and oxygen atoms in total. The third-order valence-corrected chi connectivity index (χ3v) is 5.82. The minimum Gasteiger partial charge on any atom is -0.508 e. The van der Waals surface area contributed by atoms with Crippen molar-refractivity contribution in [1.29, 1.82) is 0 Å². The topological polar surface area (TPSA) is 76.0 Å². The van der Waals surface area contributed by atoms with Gasteiger partial charge in [-0.05, 0) is 36.8 Å². The van der Waals surface area contributed by atoms with Gasteiger partial charge < -0.3 is 19.3 Å². The van der Waals surface area contributed by atoms with Crippen LogP contribution in [-0.2, 0) is 20.0 Å². The van der Waals surface area contributed by atoms with Crippen molar-refractivity contribution in [2.45, 2.75) is 32.1 Å². The normalized spacial score (nSPS) is 15.4. The molecule has 2 N–H and O–H groups in total. The Bertz CT molecular complexity index is 463. The minimum atomic E-state index is -2.98. The van der Waals surface area contributed by atoms with E-state index in [1.54, 1.807) is 18.2 Å². The van der Waals surface area contributed by atoms with Gasteiger partial charge in [0.05, 0.1) is 6.16 Å². The quantitative estimate of drug-likeness (QED) is 0.780. The molecule has 0 unspecified atom stereocenters. The molecule has 1 saturated carbocycles. The van der Waals surface area contributed by atoms with E-state index in [1.807, 2.05) is 6.07 Å². The summed E-state index contributed by atoms with van der Waals surface area (Å²) < 4.78 is 21.3. The fourth-order valence-corrected chi connectivity index (χ4v) is 3.46. The SMILES string of the molecule is COP(=O)(CCc1ccccc1O)OC.OCC1CCCC1. The number of phenols is 1. The second-order valence-corrected chi connectivity index (χ2v) is 7.81. The van der Waals surface area contributed by atoms with E-state index in [0.717, 1.165) is 5.56 Å². The lowest BCUT2D eigenvalue weighted by Crippen LogP contribution is -1.98. The van der Waals surface area contributed by atoms with Gasteiger partial charge >= 0.3 is 7.60 Å². The zero-order valence-electron chi connectivity index (χ0n) is 13.4. The lowest BCUT2D eigenvalue weighted by Gasteiger charge is -2.13.